The minimum Gasteiger partial charge on any atom is -0.348 e. The second-order valence-electron chi connectivity index (χ2n) is 6.62. The summed E-state index contributed by atoms with van der Waals surface area (Å²) in [6, 6.07) is 6.99. The molecule has 3 rings (SSSR count). The molecule has 2 heterocycles. The van der Waals surface area contributed by atoms with E-state index in [1.807, 2.05) is 19.1 Å². The molecule has 2 aromatic heterocycles. The molecular weight excluding hydrogens is 362 g/mol. The third-order valence-corrected chi connectivity index (χ3v) is 4.38. The van der Waals surface area contributed by atoms with Gasteiger partial charge in [0.2, 0.25) is 0 Å². The fourth-order valence-electron chi connectivity index (χ4n) is 3.00. The minimum absolute atomic E-state index is 0.0392. The van der Waals surface area contributed by atoms with Crippen LogP contribution >= 0.6 is 0 Å². The van der Waals surface area contributed by atoms with Crippen molar-refractivity contribution in [1.82, 2.24) is 29.9 Å². The van der Waals surface area contributed by atoms with Crippen molar-refractivity contribution in [1.29, 1.82) is 0 Å². The summed E-state index contributed by atoms with van der Waals surface area (Å²) < 4.78 is 3.25. The van der Waals surface area contributed by atoms with E-state index < -0.39 is 4.92 Å². The number of nitrogens with zero attached hydrogens (tertiary/aromatic N) is 6. The number of nitro groups is 1. The van der Waals surface area contributed by atoms with Crippen molar-refractivity contribution >= 4 is 11.6 Å². The zero-order chi connectivity index (χ0) is 20.3. The molecule has 0 saturated carbocycles. The average Bonchev–Trinajstić information content (AvgIpc) is 3.23. The maximum absolute atomic E-state index is 12.4. The second-order valence-corrected chi connectivity index (χ2v) is 6.62. The van der Waals surface area contributed by atoms with E-state index in [0.717, 1.165) is 5.56 Å². The van der Waals surface area contributed by atoms with Crippen LogP contribution in [0.25, 0.3) is 0 Å². The monoisotopic (exact) mass is 383 g/mol. The Hall–Kier alpha value is -3.56. The fourth-order valence-corrected chi connectivity index (χ4v) is 3.00. The van der Waals surface area contributed by atoms with Gasteiger partial charge in [-0.05, 0) is 38.5 Å². The van der Waals surface area contributed by atoms with Crippen LogP contribution < -0.4 is 5.32 Å². The molecule has 10 heteroatoms. The number of aryl methyl sites for hydroxylation is 1. The summed E-state index contributed by atoms with van der Waals surface area (Å²) in [4.78, 5) is 27.0. The van der Waals surface area contributed by atoms with Gasteiger partial charge in [-0.1, -0.05) is 12.1 Å². The summed E-state index contributed by atoms with van der Waals surface area (Å²) in [6.07, 6.45) is 3.05. The van der Waals surface area contributed by atoms with Gasteiger partial charge in [-0.15, -0.1) is 0 Å². The highest BCUT2D eigenvalue weighted by molar-refractivity contribution is 5.94. The van der Waals surface area contributed by atoms with Crippen LogP contribution in [-0.2, 0) is 13.1 Å². The van der Waals surface area contributed by atoms with E-state index in [1.54, 1.807) is 41.7 Å². The molecular formula is C18H21N7O3. The summed E-state index contributed by atoms with van der Waals surface area (Å²) in [5.41, 5.74) is 2.37. The molecule has 0 radical (unpaired) electrons. The van der Waals surface area contributed by atoms with Crippen LogP contribution in [0.15, 0.2) is 36.9 Å². The van der Waals surface area contributed by atoms with Crippen molar-refractivity contribution in [3.63, 3.8) is 0 Å². The molecule has 1 atom stereocenters. The summed E-state index contributed by atoms with van der Waals surface area (Å²) in [7, 11) is 0. The normalized spacial score (nSPS) is 12.0. The van der Waals surface area contributed by atoms with Crippen LogP contribution in [-0.4, -0.2) is 41.4 Å². The maximum Gasteiger partial charge on any atom is 0.312 e. The van der Waals surface area contributed by atoms with E-state index in [9.17, 15) is 14.9 Å². The van der Waals surface area contributed by atoms with Gasteiger partial charge in [0.05, 0.1) is 18.0 Å². The molecule has 0 spiro atoms. The van der Waals surface area contributed by atoms with Crippen LogP contribution in [0.3, 0.4) is 0 Å². The largest absolute Gasteiger partial charge is 0.348 e. The number of rotatable bonds is 7. The lowest BCUT2D eigenvalue weighted by molar-refractivity contribution is -0.386. The first-order valence-electron chi connectivity index (χ1n) is 8.75. The van der Waals surface area contributed by atoms with Crippen molar-refractivity contribution in [3.05, 3.63) is 69.5 Å². The molecule has 0 aliphatic heterocycles. The lowest BCUT2D eigenvalue weighted by Gasteiger charge is -2.14. The highest BCUT2D eigenvalue weighted by atomic mass is 16.6. The zero-order valence-corrected chi connectivity index (χ0v) is 15.9. The Morgan fingerprint density at radius 2 is 2.00 bits per heavy atom. The quantitative estimate of drug-likeness (QED) is 0.491. The van der Waals surface area contributed by atoms with E-state index >= 15 is 0 Å². The first-order valence-corrected chi connectivity index (χ1v) is 8.75. The molecule has 0 aliphatic carbocycles. The highest BCUT2D eigenvalue weighted by Crippen LogP contribution is 2.22. The lowest BCUT2D eigenvalue weighted by Crippen LogP contribution is -2.35. The molecule has 1 amide bonds. The Balaban J connectivity index is 1.64. The average molecular weight is 383 g/mol. The van der Waals surface area contributed by atoms with Crippen LogP contribution in [0.4, 0.5) is 5.69 Å². The van der Waals surface area contributed by atoms with Gasteiger partial charge in [-0.25, -0.2) is 4.98 Å². The first-order chi connectivity index (χ1) is 13.3. The Morgan fingerprint density at radius 3 is 2.57 bits per heavy atom. The fraction of sp³-hybridized carbons (Fsp3) is 0.333. The van der Waals surface area contributed by atoms with Crippen molar-refractivity contribution < 1.29 is 9.72 Å². The van der Waals surface area contributed by atoms with Crippen LogP contribution in [0.2, 0.25) is 0 Å². The molecule has 146 valence electrons. The van der Waals surface area contributed by atoms with Crippen molar-refractivity contribution in [2.75, 3.05) is 0 Å². The van der Waals surface area contributed by atoms with E-state index in [4.69, 9.17) is 0 Å². The molecule has 1 aromatic carbocycles. The van der Waals surface area contributed by atoms with Gasteiger partial charge in [0.25, 0.3) is 5.91 Å². The van der Waals surface area contributed by atoms with Gasteiger partial charge in [-0.3, -0.25) is 24.3 Å². The SMILES string of the molecule is Cc1nn(Cc2ccc(C(=O)NC(C)Cn3cncn3)cc2)c(C)c1[N+](=O)[O-]. The van der Waals surface area contributed by atoms with Crippen LogP contribution in [0.1, 0.15) is 34.2 Å². The van der Waals surface area contributed by atoms with Gasteiger partial charge in [-0.2, -0.15) is 10.2 Å². The topological polar surface area (TPSA) is 121 Å². The van der Waals surface area contributed by atoms with Crippen LogP contribution in [0.5, 0.6) is 0 Å². The van der Waals surface area contributed by atoms with Gasteiger partial charge in [0.15, 0.2) is 0 Å². The Morgan fingerprint density at radius 1 is 1.29 bits per heavy atom. The number of benzene rings is 1. The first kappa shape index (κ1) is 19.2. The maximum atomic E-state index is 12.4. The molecule has 0 saturated heterocycles. The summed E-state index contributed by atoms with van der Waals surface area (Å²) >= 11 is 0. The molecule has 3 aromatic rings. The van der Waals surface area contributed by atoms with Gasteiger partial charge >= 0.3 is 5.69 Å². The predicted molar refractivity (Wildman–Crippen MR) is 101 cm³/mol. The lowest BCUT2D eigenvalue weighted by atomic mass is 10.1. The number of nitrogens with one attached hydrogen (secondary N) is 1. The van der Waals surface area contributed by atoms with E-state index in [2.05, 4.69) is 20.5 Å². The zero-order valence-electron chi connectivity index (χ0n) is 15.9. The van der Waals surface area contributed by atoms with E-state index in [-0.39, 0.29) is 17.6 Å². The number of amides is 1. The third kappa shape index (κ3) is 4.22. The molecule has 10 nitrogen and oxygen atoms in total. The Labute approximate surface area is 161 Å². The Kier molecular flexibility index (Phi) is 5.48. The number of hydrogen-bond acceptors (Lipinski definition) is 6. The van der Waals surface area contributed by atoms with Gasteiger partial charge < -0.3 is 5.32 Å². The van der Waals surface area contributed by atoms with E-state index in [1.165, 1.54) is 6.33 Å². The molecule has 28 heavy (non-hydrogen) atoms. The molecule has 1 N–H and O–H groups in total. The highest BCUT2D eigenvalue weighted by Gasteiger charge is 2.21. The number of carbonyl (C=O) groups excluding carboxylic acids is 1. The smallest absolute Gasteiger partial charge is 0.312 e. The van der Waals surface area contributed by atoms with Crippen molar-refractivity contribution in [3.8, 4) is 0 Å². The van der Waals surface area contributed by atoms with Crippen LogP contribution in [0, 0.1) is 24.0 Å². The summed E-state index contributed by atoms with van der Waals surface area (Å²) in [6.45, 7) is 6.11. The predicted octanol–water partition coefficient (Wildman–Crippen LogP) is 1.87. The second kappa shape index (κ2) is 7.99. The number of carbonyl (C=O) groups is 1. The number of aromatic nitrogens is 5. The summed E-state index contributed by atoms with van der Waals surface area (Å²) in [5, 5.41) is 22.3. The van der Waals surface area contributed by atoms with Crippen molar-refractivity contribution in [2.24, 2.45) is 0 Å². The number of hydrogen-bond donors (Lipinski definition) is 1. The standard InChI is InChI=1S/C18H21N7O3/c1-12(8-23-11-19-10-20-23)21-18(26)16-6-4-15(5-7-16)9-24-14(3)17(25(27)28)13(2)22-24/h4-7,10-12H,8-9H2,1-3H3,(H,21,26). The third-order valence-electron chi connectivity index (χ3n) is 4.38. The van der Waals surface area contributed by atoms with Gasteiger partial charge in [0.1, 0.15) is 24.0 Å². The molecule has 1 unspecified atom stereocenters. The molecule has 0 aliphatic rings. The van der Waals surface area contributed by atoms with Crippen molar-refractivity contribution in [2.45, 2.75) is 39.9 Å². The van der Waals surface area contributed by atoms with Gasteiger partial charge in [0, 0.05) is 11.6 Å². The minimum atomic E-state index is -0.415. The molecule has 0 fully saturated rings. The molecule has 0 bridgehead atoms. The van der Waals surface area contributed by atoms with E-state index in [0.29, 0.717) is 30.0 Å². The Bertz CT molecular complexity index is 978. The summed E-state index contributed by atoms with van der Waals surface area (Å²) in [5.74, 6) is -0.180.